The summed E-state index contributed by atoms with van der Waals surface area (Å²) in [5, 5.41) is 3.22. The second-order valence-corrected chi connectivity index (χ2v) is 6.12. The summed E-state index contributed by atoms with van der Waals surface area (Å²) in [6.45, 7) is 3.78. The summed E-state index contributed by atoms with van der Waals surface area (Å²) >= 11 is 15.3. The van der Waals surface area contributed by atoms with Gasteiger partial charge in [0.25, 0.3) is 0 Å². The lowest BCUT2D eigenvalue weighted by molar-refractivity contribution is 0.215. The average molecular weight is 389 g/mol. The molecule has 0 aliphatic rings. The van der Waals surface area contributed by atoms with Gasteiger partial charge in [-0.3, -0.25) is 5.32 Å². The van der Waals surface area contributed by atoms with E-state index in [2.05, 4.69) is 21.2 Å². The van der Waals surface area contributed by atoms with Gasteiger partial charge in [-0.1, -0.05) is 45.2 Å². The maximum absolute atomic E-state index is 11.9. The van der Waals surface area contributed by atoms with Gasteiger partial charge in [0.2, 0.25) is 0 Å². The summed E-state index contributed by atoms with van der Waals surface area (Å²) in [7, 11) is 0. The fourth-order valence-electron chi connectivity index (χ4n) is 1.70. The van der Waals surface area contributed by atoms with Gasteiger partial charge in [0.1, 0.15) is 5.75 Å². The van der Waals surface area contributed by atoms with Crippen LogP contribution in [0, 0.1) is 13.8 Å². The van der Waals surface area contributed by atoms with Crippen LogP contribution in [0.4, 0.5) is 10.5 Å². The van der Waals surface area contributed by atoms with Crippen LogP contribution in [0.2, 0.25) is 10.0 Å². The lowest BCUT2D eigenvalue weighted by atomic mass is 10.1. The second kappa shape index (κ2) is 6.69. The maximum atomic E-state index is 11.9. The Hall–Kier alpha value is -1.23. The van der Waals surface area contributed by atoms with Gasteiger partial charge >= 0.3 is 6.09 Å². The molecule has 0 aliphatic heterocycles. The lowest BCUT2D eigenvalue weighted by Crippen LogP contribution is -2.17. The van der Waals surface area contributed by atoms with E-state index in [-0.39, 0.29) is 5.02 Å². The van der Waals surface area contributed by atoms with E-state index in [1.54, 1.807) is 24.3 Å². The number of amides is 1. The van der Waals surface area contributed by atoms with Gasteiger partial charge in [-0.25, -0.2) is 4.79 Å². The molecule has 2 aromatic rings. The molecule has 0 aromatic heterocycles. The summed E-state index contributed by atoms with van der Waals surface area (Å²) in [6.07, 6.45) is -0.621. The van der Waals surface area contributed by atoms with E-state index >= 15 is 0 Å². The molecule has 3 nitrogen and oxygen atoms in total. The highest BCUT2D eigenvalue weighted by Gasteiger charge is 2.12. The number of ether oxygens (including phenoxy) is 1. The molecule has 0 saturated heterocycles. The fourth-order valence-corrected chi connectivity index (χ4v) is 2.51. The first-order chi connectivity index (χ1) is 9.88. The fraction of sp³-hybridized carbons (Fsp3) is 0.133. The van der Waals surface area contributed by atoms with E-state index < -0.39 is 6.09 Å². The van der Waals surface area contributed by atoms with Crippen LogP contribution in [0.3, 0.4) is 0 Å². The first-order valence-corrected chi connectivity index (χ1v) is 7.63. The molecule has 0 radical (unpaired) electrons. The first kappa shape index (κ1) is 16.1. The third-order valence-electron chi connectivity index (χ3n) is 2.85. The van der Waals surface area contributed by atoms with Crippen molar-refractivity contribution in [3.63, 3.8) is 0 Å². The van der Waals surface area contributed by atoms with Crippen molar-refractivity contribution in [2.24, 2.45) is 0 Å². The molecule has 2 aromatic carbocycles. The monoisotopic (exact) mass is 387 g/mol. The van der Waals surface area contributed by atoms with E-state index in [1.807, 2.05) is 19.9 Å². The lowest BCUT2D eigenvalue weighted by Gasteiger charge is -2.11. The van der Waals surface area contributed by atoms with E-state index in [0.717, 1.165) is 15.6 Å². The number of benzene rings is 2. The van der Waals surface area contributed by atoms with Crippen LogP contribution in [-0.2, 0) is 0 Å². The zero-order valence-electron chi connectivity index (χ0n) is 11.3. The minimum absolute atomic E-state index is 0.278. The Morgan fingerprint density at radius 3 is 2.62 bits per heavy atom. The molecule has 0 saturated carbocycles. The summed E-state index contributed by atoms with van der Waals surface area (Å²) in [5.74, 6) is 0.492. The number of carbonyl (C=O) groups is 1. The SMILES string of the molecule is Cc1cc(OC(=O)Nc2cccc(Cl)c2Cl)c(C)cc1Br. The van der Waals surface area contributed by atoms with Gasteiger partial charge in [0, 0.05) is 4.47 Å². The Kier molecular flexibility index (Phi) is 5.14. The number of hydrogen-bond donors (Lipinski definition) is 1. The molecule has 1 amide bonds. The highest BCUT2D eigenvalue weighted by atomic mass is 79.9. The molecule has 0 bridgehead atoms. The first-order valence-electron chi connectivity index (χ1n) is 6.08. The van der Waals surface area contributed by atoms with E-state index in [1.165, 1.54) is 0 Å². The van der Waals surface area contributed by atoms with Crippen LogP contribution in [-0.4, -0.2) is 6.09 Å². The molecule has 110 valence electrons. The van der Waals surface area contributed by atoms with Gasteiger partial charge in [-0.2, -0.15) is 0 Å². The third kappa shape index (κ3) is 3.90. The highest BCUT2D eigenvalue weighted by Crippen LogP contribution is 2.30. The van der Waals surface area contributed by atoms with Crippen molar-refractivity contribution in [2.75, 3.05) is 5.32 Å². The van der Waals surface area contributed by atoms with Gasteiger partial charge in [0.15, 0.2) is 0 Å². The number of halogens is 3. The van der Waals surface area contributed by atoms with Crippen molar-refractivity contribution < 1.29 is 9.53 Å². The predicted molar refractivity (Wildman–Crippen MR) is 89.7 cm³/mol. The number of anilines is 1. The third-order valence-corrected chi connectivity index (χ3v) is 4.52. The molecule has 0 atom stereocenters. The summed E-state index contributed by atoms with van der Waals surface area (Å²) in [5.41, 5.74) is 2.23. The Bertz CT molecular complexity index is 704. The van der Waals surface area contributed by atoms with E-state index in [9.17, 15) is 4.79 Å². The van der Waals surface area contributed by atoms with Gasteiger partial charge in [-0.05, 0) is 49.2 Å². The second-order valence-electron chi connectivity index (χ2n) is 4.48. The van der Waals surface area contributed by atoms with Crippen molar-refractivity contribution in [1.29, 1.82) is 0 Å². The largest absolute Gasteiger partial charge is 0.417 e. The number of nitrogens with one attached hydrogen (secondary N) is 1. The molecule has 6 heteroatoms. The molecular formula is C15H12BrCl2NO2. The summed E-state index contributed by atoms with van der Waals surface area (Å²) in [4.78, 5) is 11.9. The van der Waals surface area contributed by atoms with E-state index in [0.29, 0.717) is 16.5 Å². The Morgan fingerprint density at radius 2 is 1.90 bits per heavy atom. The minimum atomic E-state index is -0.621. The number of hydrogen-bond acceptors (Lipinski definition) is 2. The number of aryl methyl sites for hydroxylation is 2. The summed E-state index contributed by atoms with van der Waals surface area (Å²) < 4.78 is 6.27. The van der Waals surface area contributed by atoms with Crippen molar-refractivity contribution in [3.8, 4) is 5.75 Å². The van der Waals surface area contributed by atoms with Crippen molar-refractivity contribution in [1.82, 2.24) is 0 Å². The van der Waals surface area contributed by atoms with Crippen LogP contribution in [0.25, 0.3) is 0 Å². The molecular weight excluding hydrogens is 377 g/mol. The predicted octanol–water partition coefficient (Wildman–Crippen LogP) is 5.98. The quantitative estimate of drug-likeness (QED) is 0.686. The average Bonchev–Trinajstić information content (AvgIpc) is 2.41. The van der Waals surface area contributed by atoms with Crippen LogP contribution >= 0.6 is 39.1 Å². The standard InChI is InChI=1S/C15H12BrCl2NO2/c1-8-7-13(9(2)6-10(8)16)21-15(20)19-12-5-3-4-11(17)14(12)18/h3-7H,1-2H3,(H,19,20). The molecule has 0 heterocycles. The van der Waals surface area contributed by atoms with Gasteiger partial charge in [0.05, 0.1) is 15.7 Å². The van der Waals surface area contributed by atoms with Crippen molar-refractivity contribution in [3.05, 3.63) is 56.0 Å². The van der Waals surface area contributed by atoms with Crippen molar-refractivity contribution in [2.45, 2.75) is 13.8 Å². The topological polar surface area (TPSA) is 38.3 Å². The van der Waals surface area contributed by atoms with Crippen LogP contribution in [0.15, 0.2) is 34.8 Å². The molecule has 0 aliphatic carbocycles. The van der Waals surface area contributed by atoms with Crippen LogP contribution in [0.5, 0.6) is 5.75 Å². The molecule has 0 spiro atoms. The zero-order chi connectivity index (χ0) is 15.6. The zero-order valence-corrected chi connectivity index (χ0v) is 14.4. The van der Waals surface area contributed by atoms with Crippen LogP contribution < -0.4 is 10.1 Å². The Balaban J connectivity index is 2.16. The Labute approximate surface area is 141 Å². The minimum Gasteiger partial charge on any atom is -0.410 e. The highest BCUT2D eigenvalue weighted by molar-refractivity contribution is 9.10. The van der Waals surface area contributed by atoms with Gasteiger partial charge in [-0.15, -0.1) is 0 Å². The maximum Gasteiger partial charge on any atom is 0.417 e. The normalized spacial score (nSPS) is 10.3. The van der Waals surface area contributed by atoms with Crippen molar-refractivity contribution >= 4 is 50.9 Å². The smallest absolute Gasteiger partial charge is 0.410 e. The molecule has 21 heavy (non-hydrogen) atoms. The number of rotatable bonds is 2. The molecule has 0 unspecified atom stereocenters. The summed E-state index contributed by atoms with van der Waals surface area (Å²) in [6, 6.07) is 8.67. The molecule has 2 rings (SSSR count). The van der Waals surface area contributed by atoms with E-state index in [4.69, 9.17) is 27.9 Å². The van der Waals surface area contributed by atoms with Crippen LogP contribution in [0.1, 0.15) is 11.1 Å². The Morgan fingerprint density at radius 1 is 1.19 bits per heavy atom. The molecule has 0 fully saturated rings. The van der Waals surface area contributed by atoms with Gasteiger partial charge < -0.3 is 4.74 Å². The molecule has 1 N–H and O–H groups in total. The number of carbonyl (C=O) groups excluding carboxylic acids is 1.